The van der Waals surface area contributed by atoms with Gasteiger partial charge in [0.15, 0.2) is 0 Å². The van der Waals surface area contributed by atoms with E-state index in [1.54, 1.807) is 5.32 Å². The molecule has 1 aromatic rings. The third-order valence-corrected chi connectivity index (χ3v) is 3.60. The molecule has 1 aromatic carbocycles. The fourth-order valence-corrected chi connectivity index (χ4v) is 1.94. The van der Waals surface area contributed by atoms with Crippen LogP contribution in [0.25, 0.3) is 0 Å². The number of alkyl halides is 4. The Morgan fingerprint density at radius 2 is 1.75 bits per heavy atom. The summed E-state index contributed by atoms with van der Waals surface area (Å²) in [7, 11) is 1.13. The summed E-state index contributed by atoms with van der Waals surface area (Å²) >= 11 is 0. The van der Waals surface area contributed by atoms with Crippen molar-refractivity contribution in [2.75, 3.05) is 0 Å². The molecule has 0 atom stereocenters. The fraction of sp³-hybridized carbons (Fsp3) is 0.300. The third-order valence-electron chi connectivity index (χ3n) is 2.23. The molecule has 10 heteroatoms. The van der Waals surface area contributed by atoms with Crippen LogP contribution in [-0.4, -0.2) is 26.7 Å². The first-order chi connectivity index (χ1) is 9.05. The molecule has 1 amide bonds. The van der Waals surface area contributed by atoms with Crippen molar-refractivity contribution >= 4 is 25.6 Å². The number of rotatable bonds is 5. The minimum Gasteiger partial charge on any atom is -0.347 e. The van der Waals surface area contributed by atoms with Gasteiger partial charge in [-0.2, -0.15) is 8.78 Å². The molecule has 0 fully saturated rings. The number of carbonyl (C=O) groups is 1. The molecule has 0 radical (unpaired) electrons. The number of halogens is 5. The zero-order chi connectivity index (χ0) is 15.6. The number of nitrogens with one attached hydrogen (secondary N) is 1. The first-order valence-corrected chi connectivity index (χ1v) is 7.34. The van der Waals surface area contributed by atoms with Crippen LogP contribution in [0.4, 0.5) is 17.6 Å². The van der Waals surface area contributed by atoms with Gasteiger partial charge in [-0.3, -0.25) is 4.79 Å². The third kappa shape index (κ3) is 4.07. The fourth-order valence-electron chi connectivity index (χ4n) is 1.17. The van der Waals surface area contributed by atoms with Crippen LogP contribution < -0.4 is 5.32 Å². The van der Waals surface area contributed by atoms with E-state index in [1.807, 2.05) is 0 Å². The number of benzene rings is 1. The van der Waals surface area contributed by atoms with Gasteiger partial charge in [0.05, 0.1) is 4.90 Å². The molecule has 0 unspecified atom stereocenters. The highest BCUT2D eigenvalue weighted by Gasteiger charge is 2.48. The maximum atomic E-state index is 12.6. The number of amides is 1. The Morgan fingerprint density at radius 3 is 2.15 bits per heavy atom. The normalized spacial score (nSPS) is 12.5. The molecule has 0 bridgehead atoms. The Labute approximate surface area is 116 Å². The van der Waals surface area contributed by atoms with E-state index in [9.17, 15) is 30.8 Å². The molecule has 0 aliphatic carbocycles. The van der Waals surface area contributed by atoms with E-state index >= 15 is 0 Å². The van der Waals surface area contributed by atoms with Gasteiger partial charge < -0.3 is 5.32 Å². The number of hydrogen-bond donors (Lipinski definition) is 1. The van der Waals surface area contributed by atoms with Crippen LogP contribution in [0.3, 0.4) is 0 Å². The van der Waals surface area contributed by atoms with Crippen molar-refractivity contribution in [3.8, 4) is 0 Å². The second-order valence-corrected chi connectivity index (χ2v) is 6.25. The summed E-state index contributed by atoms with van der Waals surface area (Å²) in [5.41, 5.74) is 0.243. The summed E-state index contributed by atoms with van der Waals surface area (Å²) in [6.45, 7) is -0.455. The summed E-state index contributed by atoms with van der Waals surface area (Å²) in [5, 5.41) is 1.63. The topological polar surface area (TPSA) is 63.2 Å². The van der Waals surface area contributed by atoms with Crippen molar-refractivity contribution in [2.24, 2.45) is 0 Å². The smallest absolute Gasteiger partial charge is 0.347 e. The van der Waals surface area contributed by atoms with Gasteiger partial charge in [-0.15, -0.1) is 0 Å². The van der Waals surface area contributed by atoms with E-state index in [0.717, 1.165) is 12.1 Å². The lowest BCUT2D eigenvalue weighted by Crippen LogP contribution is -2.44. The Hall–Kier alpha value is -1.35. The van der Waals surface area contributed by atoms with Crippen molar-refractivity contribution < 1.29 is 30.8 Å². The van der Waals surface area contributed by atoms with Crippen LogP contribution in [0, 0.1) is 0 Å². The second kappa shape index (κ2) is 5.96. The number of hydrogen-bond acceptors (Lipinski definition) is 3. The van der Waals surface area contributed by atoms with Crippen molar-refractivity contribution in [2.45, 2.75) is 23.8 Å². The maximum absolute atomic E-state index is 12.6. The Balaban J connectivity index is 2.70. The van der Waals surface area contributed by atoms with Crippen molar-refractivity contribution in [3.63, 3.8) is 0 Å². The summed E-state index contributed by atoms with van der Waals surface area (Å²) in [6, 6.07) is 4.59. The monoisotopic (exact) mass is 333 g/mol. The first kappa shape index (κ1) is 16.7. The van der Waals surface area contributed by atoms with E-state index in [2.05, 4.69) is 0 Å². The van der Waals surface area contributed by atoms with Gasteiger partial charge in [0, 0.05) is 17.2 Å². The zero-order valence-electron chi connectivity index (χ0n) is 9.62. The molecule has 20 heavy (non-hydrogen) atoms. The molecule has 0 saturated heterocycles. The lowest BCUT2D eigenvalue weighted by molar-refractivity contribution is -0.169. The van der Waals surface area contributed by atoms with E-state index in [0.29, 0.717) is 0 Å². The molecule has 0 aliphatic rings. The SMILES string of the molecule is O=C(NCc1ccc(S(=O)(=O)Cl)cc1)C(F)(F)C(F)F. The van der Waals surface area contributed by atoms with Crippen molar-refractivity contribution in [3.05, 3.63) is 29.8 Å². The Kier molecular flexibility index (Phi) is 4.98. The molecular weight excluding hydrogens is 326 g/mol. The molecule has 112 valence electrons. The largest absolute Gasteiger partial charge is 0.383 e. The van der Waals surface area contributed by atoms with Gasteiger partial charge >= 0.3 is 12.3 Å². The van der Waals surface area contributed by atoms with Crippen LogP contribution in [0.2, 0.25) is 0 Å². The maximum Gasteiger partial charge on any atom is 0.383 e. The number of carbonyl (C=O) groups excluding carboxylic acids is 1. The molecule has 0 spiro atoms. The van der Waals surface area contributed by atoms with Crippen LogP contribution in [0.15, 0.2) is 29.2 Å². The van der Waals surface area contributed by atoms with Crippen LogP contribution in [-0.2, 0) is 20.4 Å². The van der Waals surface area contributed by atoms with E-state index in [4.69, 9.17) is 10.7 Å². The minimum absolute atomic E-state index is 0.216. The summed E-state index contributed by atoms with van der Waals surface area (Å²) in [6.07, 6.45) is -4.11. The summed E-state index contributed by atoms with van der Waals surface area (Å²) < 4.78 is 70.8. The molecule has 0 aromatic heterocycles. The molecule has 0 saturated carbocycles. The summed E-state index contributed by atoms with van der Waals surface area (Å²) in [5.74, 6) is -6.89. The quantitative estimate of drug-likeness (QED) is 0.663. The zero-order valence-corrected chi connectivity index (χ0v) is 11.2. The van der Waals surface area contributed by atoms with Crippen molar-refractivity contribution in [1.82, 2.24) is 5.32 Å². The summed E-state index contributed by atoms with van der Waals surface area (Å²) in [4.78, 5) is 10.6. The lowest BCUT2D eigenvalue weighted by atomic mass is 10.2. The Bertz CT molecular complexity index is 589. The highest BCUT2D eigenvalue weighted by atomic mass is 35.7. The van der Waals surface area contributed by atoms with Gasteiger partial charge in [-0.25, -0.2) is 17.2 Å². The van der Waals surface area contributed by atoms with E-state index in [1.165, 1.54) is 12.1 Å². The average Bonchev–Trinajstić information content (AvgIpc) is 2.35. The van der Waals surface area contributed by atoms with Gasteiger partial charge in [0.25, 0.3) is 15.0 Å². The molecule has 1 rings (SSSR count). The highest BCUT2D eigenvalue weighted by molar-refractivity contribution is 8.13. The van der Waals surface area contributed by atoms with Crippen molar-refractivity contribution in [1.29, 1.82) is 0 Å². The first-order valence-electron chi connectivity index (χ1n) is 5.03. The van der Waals surface area contributed by atoms with Gasteiger partial charge in [0.2, 0.25) is 0 Å². The standard InChI is InChI=1S/C10H8ClF4NO3S/c11-20(18,19)7-3-1-6(2-4-7)5-16-9(17)10(14,15)8(12)13/h1-4,8H,5H2,(H,16,17). The van der Waals surface area contributed by atoms with Crippen LogP contribution >= 0.6 is 10.7 Å². The molecule has 0 heterocycles. The lowest BCUT2D eigenvalue weighted by Gasteiger charge is -2.14. The Morgan fingerprint density at radius 1 is 1.25 bits per heavy atom. The predicted octanol–water partition coefficient (Wildman–Crippen LogP) is 2.13. The molecule has 0 aliphatic heterocycles. The van der Waals surface area contributed by atoms with Gasteiger partial charge in [-0.1, -0.05) is 12.1 Å². The van der Waals surface area contributed by atoms with Crippen LogP contribution in [0.5, 0.6) is 0 Å². The predicted molar refractivity (Wildman–Crippen MR) is 62.3 cm³/mol. The molecular formula is C10H8ClF4NO3S. The minimum atomic E-state index is -4.78. The van der Waals surface area contributed by atoms with Gasteiger partial charge in [0.1, 0.15) is 0 Å². The van der Waals surface area contributed by atoms with E-state index < -0.39 is 33.9 Å². The second-order valence-electron chi connectivity index (χ2n) is 3.69. The highest BCUT2D eigenvalue weighted by Crippen LogP contribution is 2.23. The molecule has 1 N–H and O–H groups in total. The van der Waals surface area contributed by atoms with E-state index in [-0.39, 0.29) is 10.5 Å². The molecule has 4 nitrogen and oxygen atoms in total. The van der Waals surface area contributed by atoms with Crippen LogP contribution in [0.1, 0.15) is 5.56 Å². The van der Waals surface area contributed by atoms with Gasteiger partial charge in [-0.05, 0) is 17.7 Å². The average molecular weight is 334 g/mol.